The van der Waals surface area contributed by atoms with E-state index in [1.54, 1.807) is 7.11 Å². The van der Waals surface area contributed by atoms with E-state index in [1.165, 1.54) is 11.1 Å². The van der Waals surface area contributed by atoms with E-state index in [0.717, 1.165) is 17.7 Å². The van der Waals surface area contributed by atoms with E-state index < -0.39 is 0 Å². The van der Waals surface area contributed by atoms with Crippen molar-refractivity contribution in [1.82, 2.24) is 0 Å². The Bertz CT molecular complexity index is 522. The minimum absolute atomic E-state index is 0.0674. The van der Waals surface area contributed by atoms with Crippen molar-refractivity contribution in [2.45, 2.75) is 18.7 Å². The molecule has 2 heteroatoms. The zero-order valence-corrected chi connectivity index (χ0v) is 11.4. The fourth-order valence-corrected chi connectivity index (χ4v) is 2.41. The van der Waals surface area contributed by atoms with Crippen molar-refractivity contribution in [1.29, 1.82) is 0 Å². The Morgan fingerprint density at radius 2 is 1.72 bits per heavy atom. The highest BCUT2D eigenvalue weighted by atomic mass is 35.5. The smallest absolute Gasteiger partial charge is 0.123 e. The Labute approximate surface area is 113 Å². The molecule has 0 N–H and O–H groups in total. The van der Waals surface area contributed by atoms with Gasteiger partial charge in [0.05, 0.1) is 12.5 Å². The van der Waals surface area contributed by atoms with Gasteiger partial charge >= 0.3 is 0 Å². The van der Waals surface area contributed by atoms with Crippen molar-refractivity contribution in [3.05, 3.63) is 65.2 Å². The molecular formula is C16H17ClO. The molecule has 0 saturated heterocycles. The third-order valence-corrected chi connectivity index (χ3v) is 3.53. The largest absolute Gasteiger partial charge is 0.496 e. The molecule has 1 nitrogen and oxygen atoms in total. The van der Waals surface area contributed by atoms with Gasteiger partial charge in [0.2, 0.25) is 0 Å². The van der Waals surface area contributed by atoms with Gasteiger partial charge in [0.25, 0.3) is 0 Å². The van der Waals surface area contributed by atoms with Crippen LogP contribution in [0, 0.1) is 6.92 Å². The lowest BCUT2D eigenvalue weighted by molar-refractivity contribution is 0.409. The molecule has 2 aromatic carbocycles. The molecule has 0 saturated carbocycles. The van der Waals surface area contributed by atoms with Gasteiger partial charge in [-0.05, 0) is 30.5 Å². The maximum atomic E-state index is 6.52. The molecule has 0 heterocycles. The summed E-state index contributed by atoms with van der Waals surface area (Å²) in [7, 11) is 1.68. The van der Waals surface area contributed by atoms with Gasteiger partial charge in [-0.25, -0.2) is 0 Å². The Morgan fingerprint density at radius 3 is 2.44 bits per heavy atom. The van der Waals surface area contributed by atoms with E-state index in [2.05, 4.69) is 19.1 Å². The molecule has 1 atom stereocenters. The molecule has 0 aromatic heterocycles. The average Bonchev–Trinajstić information content (AvgIpc) is 2.41. The van der Waals surface area contributed by atoms with Crippen molar-refractivity contribution in [2.75, 3.05) is 7.11 Å². The van der Waals surface area contributed by atoms with Gasteiger partial charge in [0.1, 0.15) is 5.75 Å². The number of para-hydroxylation sites is 1. The molecule has 94 valence electrons. The minimum atomic E-state index is -0.0674. The first-order valence-electron chi connectivity index (χ1n) is 6.04. The summed E-state index contributed by atoms with van der Waals surface area (Å²) in [5.74, 6) is 0.853. The summed E-state index contributed by atoms with van der Waals surface area (Å²) in [4.78, 5) is 0. The summed E-state index contributed by atoms with van der Waals surface area (Å²) in [6.07, 6.45) is 0.814. The van der Waals surface area contributed by atoms with Gasteiger partial charge in [-0.1, -0.05) is 42.5 Å². The van der Waals surface area contributed by atoms with Crippen LogP contribution in [0.5, 0.6) is 5.75 Å². The van der Waals surface area contributed by atoms with Gasteiger partial charge in [-0.3, -0.25) is 0 Å². The van der Waals surface area contributed by atoms with Gasteiger partial charge in [0.15, 0.2) is 0 Å². The Hall–Kier alpha value is -1.47. The van der Waals surface area contributed by atoms with Gasteiger partial charge < -0.3 is 4.74 Å². The highest BCUT2D eigenvalue weighted by molar-refractivity contribution is 6.21. The first-order valence-corrected chi connectivity index (χ1v) is 6.47. The van der Waals surface area contributed by atoms with E-state index in [-0.39, 0.29) is 5.38 Å². The van der Waals surface area contributed by atoms with Crippen LogP contribution in [0.2, 0.25) is 0 Å². The number of aryl methyl sites for hydroxylation is 1. The maximum absolute atomic E-state index is 6.52. The predicted molar refractivity (Wildman–Crippen MR) is 76.5 cm³/mol. The van der Waals surface area contributed by atoms with E-state index >= 15 is 0 Å². The second-order valence-corrected chi connectivity index (χ2v) is 4.87. The van der Waals surface area contributed by atoms with Crippen LogP contribution in [0.3, 0.4) is 0 Å². The molecule has 0 aliphatic carbocycles. The summed E-state index contributed by atoms with van der Waals surface area (Å²) < 4.78 is 5.35. The fourth-order valence-electron chi connectivity index (χ4n) is 2.07. The molecular weight excluding hydrogens is 244 g/mol. The van der Waals surface area contributed by atoms with Crippen molar-refractivity contribution in [3.8, 4) is 5.75 Å². The number of hydrogen-bond acceptors (Lipinski definition) is 1. The highest BCUT2D eigenvalue weighted by Gasteiger charge is 2.14. The van der Waals surface area contributed by atoms with Crippen molar-refractivity contribution < 1.29 is 4.74 Å². The lowest BCUT2D eigenvalue weighted by atomic mass is 10.00. The van der Waals surface area contributed by atoms with Crippen LogP contribution in [0.1, 0.15) is 22.1 Å². The number of halogens is 1. The van der Waals surface area contributed by atoms with Crippen LogP contribution >= 0.6 is 11.6 Å². The molecule has 0 aliphatic heterocycles. The standard InChI is InChI=1S/C16H17ClO/c1-12-7-3-4-8-13(12)11-15(17)14-9-5-6-10-16(14)18-2/h3-10,15H,11H2,1-2H3. The zero-order chi connectivity index (χ0) is 13.0. The molecule has 0 fully saturated rings. The minimum Gasteiger partial charge on any atom is -0.496 e. The highest BCUT2D eigenvalue weighted by Crippen LogP contribution is 2.32. The summed E-state index contributed by atoms with van der Waals surface area (Å²) in [6, 6.07) is 16.3. The van der Waals surface area contributed by atoms with E-state index in [0.29, 0.717) is 0 Å². The average molecular weight is 261 g/mol. The summed E-state index contributed by atoms with van der Waals surface area (Å²) in [6.45, 7) is 2.11. The molecule has 1 unspecified atom stereocenters. The second-order valence-electron chi connectivity index (χ2n) is 4.34. The molecule has 2 rings (SSSR count). The monoisotopic (exact) mass is 260 g/mol. The lowest BCUT2D eigenvalue weighted by Gasteiger charge is -2.15. The van der Waals surface area contributed by atoms with Crippen LogP contribution in [0.4, 0.5) is 0 Å². The maximum Gasteiger partial charge on any atom is 0.123 e. The van der Waals surface area contributed by atoms with Crippen LogP contribution in [-0.4, -0.2) is 7.11 Å². The van der Waals surface area contributed by atoms with Gasteiger partial charge in [0, 0.05) is 5.56 Å². The Balaban J connectivity index is 2.22. The van der Waals surface area contributed by atoms with Crippen LogP contribution in [0.15, 0.2) is 48.5 Å². The summed E-state index contributed by atoms with van der Waals surface area (Å²) in [5.41, 5.74) is 3.60. The zero-order valence-electron chi connectivity index (χ0n) is 10.7. The SMILES string of the molecule is COc1ccccc1C(Cl)Cc1ccccc1C. The molecule has 2 aromatic rings. The number of hydrogen-bond donors (Lipinski definition) is 0. The molecule has 0 aliphatic rings. The van der Waals surface area contributed by atoms with Crippen molar-refractivity contribution >= 4 is 11.6 Å². The topological polar surface area (TPSA) is 9.23 Å². The third kappa shape index (κ3) is 2.85. The summed E-state index contributed by atoms with van der Waals surface area (Å²) >= 11 is 6.52. The van der Waals surface area contributed by atoms with E-state index in [9.17, 15) is 0 Å². The number of methoxy groups -OCH3 is 1. The van der Waals surface area contributed by atoms with Crippen LogP contribution in [0.25, 0.3) is 0 Å². The van der Waals surface area contributed by atoms with E-state index in [4.69, 9.17) is 16.3 Å². The molecule has 0 amide bonds. The number of alkyl halides is 1. The quantitative estimate of drug-likeness (QED) is 0.734. The first kappa shape index (κ1) is 13.0. The molecule has 18 heavy (non-hydrogen) atoms. The third-order valence-electron chi connectivity index (χ3n) is 3.14. The molecule has 0 bridgehead atoms. The van der Waals surface area contributed by atoms with E-state index in [1.807, 2.05) is 36.4 Å². The fraction of sp³-hybridized carbons (Fsp3) is 0.250. The number of rotatable bonds is 4. The van der Waals surface area contributed by atoms with Crippen molar-refractivity contribution in [2.24, 2.45) is 0 Å². The van der Waals surface area contributed by atoms with Crippen LogP contribution in [-0.2, 0) is 6.42 Å². The number of benzene rings is 2. The summed E-state index contributed by atoms with van der Waals surface area (Å²) in [5, 5.41) is -0.0674. The van der Waals surface area contributed by atoms with Gasteiger partial charge in [-0.15, -0.1) is 11.6 Å². The Kier molecular flexibility index (Phi) is 4.27. The molecule has 0 spiro atoms. The van der Waals surface area contributed by atoms with Gasteiger partial charge in [-0.2, -0.15) is 0 Å². The predicted octanol–water partition coefficient (Wildman–Crippen LogP) is 4.53. The van der Waals surface area contributed by atoms with Crippen molar-refractivity contribution in [3.63, 3.8) is 0 Å². The number of ether oxygens (including phenoxy) is 1. The molecule has 0 radical (unpaired) electrons. The normalized spacial score (nSPS) is 12.2. The van der Waals surface area contributed by atoms with Crippen LogP contribution < -0.4 is 4.74 Å². The second kappa shape index (κ2) is 5.92. The Morgan fingerprint density at radius 1 is 1.06 bits per heavy atom. The lowest BCUT2D eigenvalue weighted by Crippen LogP contribution is -2.00. The first-order chi connectivity index (χ1) is 8.72.